The lowest BCUT2D eigenvalue weighted by atomic mass is 9.71. The molecule has 3 aliphatic rings. The van der Waals surface area contributed by atoms with Gasteiger partial charge in [0.15, 0.2) is 9.84 Å². The third-order valence-corrected chi connectivity index (χ3v) is 14.5. The van der Waals surface area contributed by atoms with E-state index in [2.05, 4.69) is 16.8 Å². The molecule has 3 aromatic rings. The minimum Gasteiger partial charge on any atom is -0.493 e. The Labute approximate surface area is 352 Å². The summed E-state index contributed by atoms with van der Waals surface area (Å²) in [6, 6.07) is 17.4. The molecule has 3 aliphatic heterocycles. The van der Waals surface area contributed by atoms with Gasteiger partial charge < -0.3 is 19.4 Å². The van der Waals surface area contributed by atoms with E-state index in [4.69, 9.17) is 44.5 Å². The Morgan fingerprint density at radius 2 is 1.35 bits per heavy atom. The number of rotatable bonds is 9. The van der Waals surface area contributed by atoms with Crippen LogP contribution < -0.4 is 4.74 Å². The lowest BCUT2D eigenvalue weighted by Crippen LogP contribution is -2.61. The van der Waals surface area contributed by atoms with Gasteiger partial charge in [-0.1, -0.05) is 79.8 Å². The van der Waals surface area contributed by atoms with E-state index in [0.29, 0.717) is 60.6 Å². The summed E-state index contributed by atoms with van der Waals surface area (Å²) in [5.74, 6) is 0.457. The fourth-order valence-electron chi connectivity index (χ4n) is 8.02. The van der Waals surface area contributed by atoms with Gasteiger partial charge in [-0.25, -0.2) is 13.2 Å². The van der Waals surface area contributed by atoms with Crippen LogP contribution in [0.4, 0.5) is 4.79 Å². The summed E-state index contributed by atoms with van der Waals surface area (Å²) < 4.78 is 34.2. The molecule has 0 bridgehead atoms. The first kappa shape index (κ1) is 43.2. The molecule has 2 saturated heterocycles. The van der Waals surface area contributed by atoms with Crippen molar-refractivity contribution in [3.05, 3.63) is 92.4 Å². The predicted octanol–water partition coefficient (Wildman–Crippen LogP) is 7.27. The molecule has 0 saturated carbocycles. The molecule has 0 N–H and O–H groups in total. The van der Waals surface area contributed by atoms with E-state index in [1.54, 1.807) is 34.1 Å². The number of nitrogens with zero attached hydrogens (tertiary/aromatic N) is 6. The Morgan fingerprint density at radius 1 is 0.807 bits per heavy atom. The topological polar surface area (TPSA) is 106 Å². The highest BCUT2D eigenvalue weighted by Gasteiger charge is 2.60. The number of hydrogen-bond donors (Lipinski definition) is 0. The van der Waals surface area contributed by atoms with Gasteiger partial charge in [0.2, 0.25) is 5.91 Å². The van der Waals surface area contributed by atoms with Crippen LogP contribution >= 0.6 is 34.8 Å². The van der Waals surface area contributed by atoms with Crippen molar-refractivity contribution in [1.29, 1.82) is 0 Å². The van der Waals surface area contributed by atoms with E-state index in [1.807, 2.05) is 70.7 Å². The minimum absolute atomic E-state index is 0.0195. The molecule has 0 radical (unpaired) electrons. The van der Waals surface area contributed by atoms with Crippen LogP contribution in [-0.4, -0.2) is 129 Å². The molecule has 57 heavy (non-hydrogen) atoms. The van der Waals surface area contributed by atoms with E-state index in [1.165, 1.54) is 12.1 Å². The summed E-state index contributed by atoms with van der Waals surface area (Å²) >= 11 is 19.6. The van der Waals surface area contributed by atoms with Gasteiger partial charge in [-0.2, -0.15) is 0 Å². The van der Waals surface area contributed by atoms with Gasteiger partial charge >= 0.3 is 6.03 Å². The molecule has 0 aliphatic carbocycles. The molecule has 0 aromatic heterocycles. The van der Waals surface area contributed by atoms with E-state index in [-0.39, 0.29) is 46.6 Å². The number of benzene rings is 3. The lowest BCUT2D eigenvalue weighted by Gasteiger charge is -2.47. The smallest absolute Gasteiger partial charge is 0.326 e. The number of halogens is 3. The van der Waals surface area contributed by atoms with Crippen molar-refractivity contribution in [2.24, 2.45) is 10.4 Å². The molecular weight excluding hydrogens is 807 g/mol. The zero-order valence-corrected chi connectivity index (χ0v) is 36.9. The first-order valence-electron chi connectivity index (χ1n) is 19.4. The zero-order valence-electron chi connectivity index (χ0n) is 33.8. The van der Waals surface area contributed by atoms with Crippen LogP contribution in [0.3, 0.4) is 0 Å². The molecule has 0 spiro atoms. The van der Waals surface area contributed by atoms with E-state index >= 15 is 4.79 Å². The number of urea groups is 1. The number of ether oxygens (including phenoxy) is 1. The Hall–Kier alpha value is -3.39. The summed E-state index contributed by atoms with van der Waals surface area (Å²) in [5.41, 5.74) is -1.08. The number of piperazine rings is 2. The van der Waals surface area contributed by atoms with Crippen LogP contribution in [0, 0.1) is 5.41 Å². The van der Waals surface area contributed by atoms with Crippen LogP contribution in [0.25, 0.3) is 0 Å². The Morgan fingerprint density at radius 3 is 1.89 bits per heavy atom. The Balaban J connectivity index is 1.48. The van der Waals surface area contributed by atoms with Gasteiger partial charge in [-0.3, -0.25) is 19.6 Å². The van der Waals surface area contributed by atoms with Crippen molar-refractivity contribution in [2.75, 3.05) is 78.3 Å². The van der Waals surface area contributed by atoms with Crippen molar-refractivity contribution >= 4 is 62.4 Å². The largest absolute Gasteiger partial charge is 0.493 e. The molecule has 308 valence electrons. The second-order valence-electron chi connectivity index (χ2n) is 16.7. The number of sulfone groups is 1. The predicted molar refractivity (Wildman–Crippen MR) is 228 cm³/mol. The molecular formula is C42H53Cl3N6O5S. The molecule has 2 fully saturated rings. The monoisotopic (exact) mass is 858 g/mol. The second-order valence-corrected chi connectivity index (χ2v) is 19.9. The molecule has 6 rings (SSSR count). The van der Waals surface area contributed by atoms with E-state index < -0.39 is 26.3 Å². The van der Waals surface area contributed by atoms with Crippen molar-refractivity contribution < 1.29 is 22.7 Å². The number of amides is 3. The summed E-state index contributed by atoms with van der Waals surface area (Å²) in [7, 11) is -1.86. The SMILES string of the molecule is CCOc1cc(Cl)c(S(=O)(=O)CC(C)(C)C)cc1C1=N[C@@](C)(c2ccc(Cl)cc2)[C@@](C)(c2ccc(Cl)cc2)N1C(=O)N1CCN(CC(=O)N2CCN(C)CC2)CC1. The zero-order chi connectivity index (χ0) is 41.5. The third-order valence-electron chi connectivity index (χ3n) is 11.3. The quantitative estimate of drug-likeness (QED) is 0.223. The van der Waals surface area contributed by atoms with Crippen molar-refractivity contribution in [2.45, 2.75) is 57.5 Å². The minimum atomic E-state index is -3.91. The highest BCUT2D eigenvalue weighted by Crippen LogP contribution is 2.54. The average molecular weight is 860 g/mol. The maximum Gasteiger partial charge on any atom is 0.326 e. The number of hydrogen-bond acceptors (Lipinski definition) is 8. The molecule has 15 heteroatoms. The Kier molecular flexibility index (Phi) is 12.7. The highest BCUT2D eigenvalue weighted by atomic mass is 35.5. The first-order chi connectivity index (χ1) is 26.8. The van der Waals surface area contributed by atoms with Gasteiger partial charge in [0.05, 0.1) is 34.4 Å². The van der Waals surface area contributed by atoms with Crippen LogP contribution in [0.1, 0.15) is 58.2 Å². The molecule has 0 unspecified atom stereocenters. The van der Waals surface area contributed by atoms with Crippen LogP contribution in [0.5, 0.6) is 5.75 Å². The van der Waals surface area contributed by atoms with Gasteiger partial charge in [-0.05, 0) is 74.7 Å². The first-order valence-corrected chi connectivity index (χ1v) is 22.2. The normalized spacial score (nSPS) is 22.5. The molecule has 11 nitrogen and oxygen atoms in total. The molecule has 2 atom stereocenters. The van der Waals surface area contributed by atoms with Crippen LogP contribution in [0.15, 0.2) is 70.6 Å². The molecule has 3 amide bonds. The fraction of sp³-hybridized carbons (Fsp3) is 0.500. The van der Waals surface area contributed by atoms with Crippen molar-refractivity contribution in [3.8, 4) is 5.75 Å². The summed E-state index contributed by atoms with van der Waals surface area (Å²) in [6.45, 7) is 16.7. The van der Waals surface area contributed by atoms with Gasteiger partial charge in [0, 0.05) is 68.5 Å². The number of likely N-dealkylation sites (N-methyl/N-ethyl adjacent to an activating group) is 1. The van der Waals surface area contributed by atoms with E-state index in [0.717, 1.165) is 24.2 Å². The maximum absolute atomic E-state index is 15.5. The van der Waals surface area contributed by atoms with Gasteiger partial charge in [0.25, 0.3) is 0 Å². The van der Waals surface area contributed by atoms with Crippen molar-refractivity contribution in [1.82, 2.24) is 24.5 Å². The molecule has 3 heterocycles. The fourth-order valence-corrected chi connectivity index (χ4v) is 10.7. The highest BCUT2D eigenvalue weighted by molar-refractivity contribution is 7.91. The van der Waals surface area contributed by atoms with Crippen molar-refractivity contribution in [3.63, 3.8) is 0 Å². The third kappa shape index (κ3) is 8.82. The summed E-state index contributed by atoms with van der Waals surface area (Å²) in [5, 5.41) is 1.09. The average Bonchev–Trinajstić information content (AvgIpc) is 3.39. The Bertz CT molecular complexity index is 2110. The summed E-state index contributed by atoms with van der Waals surface area (Å²) in [4.78, 5) is 43.8. The number of aliphatic imine (C=N–C) groups is 1. The van der Waals surface area contributed by atoms with Gasteiger partial charge in [0.1, 0.15) is 22.7 Å². The molecule has 3 aromatic carbocycles. The van der Waals surface area contributed by atoms with E-state index in [9.17, 15) is 13.2 Å². The summed E-state index contributed by atoms with van der Waals surface area (Å²) in [6.07, 6.45) is 0. The number of carbonyl (C=O) groups excluding carboxylic acids is 2. The number of carbonyl (C=O) groups is 2. The lowest BCUT2D eigenvalue weighted by molar-refractivity contribution is -0.134. The van der Waals surface area contributed by atoms with Gasteiger partial charge in [-0.15, -0.1) is 0 Å². The van der Waals surface area contributed by atoms with Crippen LogP contribution in [-0.2, 0) is 25.7 Å². The second kappa shape index (κ2) is 16.7. The standard InChI is InChI=1S/C42H53Cl3N6O5S/c1-8-56-35-26-34(45)36(57(54,55)28-40(2,3)4)25-33(35)38-46-41(5,29-9-13-31(43)14-10-29)42(6,30-11-15-32(44)16-12-30)51(38)39(53)50-23-19-48(20-24-50)27-37(52)49-21-17-47(7)18-22-49/h9-16,25-26H,8,17-24,27-28H2,1-7H3/t41-,42+/m0/s1. The van der Waals surface area contributed by atoms with Crippen LogP contribution in [0.2, 0.25) is 15.1 Å². The number of amidine groups is 1. The maximum atomic E-state index is 15.5.